The number of hydrogen-bond acceptors (Lipinski definition) is 5. The van der Waals surface area contributed by atoms with Gasteiger partial charge in [-0.3, -0.25) is 10.1 Å². The number of pyridine rings is 1. The van der Waals surface area contributed by atoms with Crippen LogP contribution in [0.15, 0.2) is 48.8 Å². The summed E-state index contributed by atoms with van der Waals surface area (Å²) >= 11 is 0. The van der Waals surface area contributed by atoms with Crippen molar-refractivity contribution in [2.75, 3.05) is 7.11 Å². The molecule has 3 aromatic rings. The fraction of sp³-hybridized carbons (Fsp3) is 0.133. The Morgan fingerprint density at radius 3 is 2.43 bits per heavy atom. The number of methoxy groups -OCH3 is 1. The Morgan fingerprint density at radius 1 is 1.00 bits per heavy atom. The predicted molar refractivity (Wildman–Crippen MR) is 76.9 cm³/mol. The van der Waals surface area contributed by atoms with Crippen LogP contribution in [-0.2, 0) is 6.61 Å². The standard InChI is InChI=1S/C15H14N4O2/c1-20-12-2-4-13(5-3-12)21-10-14-17-15(19-18-14)11-6-8-16-9-7-11/h2-9H,10H2,1H3,(H,17,18,19). The van der Waals surface area contributed by atoms with Gasteiger partial charge in [0, 0.05) is 18.0 Å². The van der Waals surface area contributed by atoms with Crippen LogP contribution in [0.5, 0.6) is 11.5 Å². The molecule has 6 nitrogen and oxygen atoms in total. The lowest BCUT2D eigenvalue weighted by molar-refractivity contribution is 0.296. The molecule has 0 bridgehead atoms. The van der Waals surface area contributed by atoms with Crippen LogP contribution in [-0.4, -0.2) is 27.3 Å². The van der Waals surface area contributed by atoms with Gasteiger partial charge in [-0.1, -0.05) is 0 Å². The quantitative estimate of drug-likeness (QED) is 0.778. The number of hydrogen-bond donors (Lipinski definition) is 1. The monoisotopic (exact) mass is 282 g/mol. The third kappa shape index (κ3) is 3.17. The van der Waals surface area contributed by atoms with Gasteiger partial charge in [-0.15, -0.1) is 0 Å². The second-order valence-electron chi connectivity index (χ2n) is 4.31. The molecule has 3 rings (SSSR count). The lowest BCUT2D eigenvalue weighted by Crippen LogP contribution is -1.97. The molecule has 0 aliphatic heterocycles. The molecule has 0 radical (unpaired) electrons. The maximum Gasteiger partial charge on any atom is 0.181 e. The smallest absolute Gasteiger partial charge is 0.181 e. The minimum atomic E-state index is 0.324. The fourth-order valence-electron chi connectivity index (χ4n) is 1.81. The van der Waals surface area contributed by atoms with Crippen molar-refractivity contribution in [3.63, 3.8) is 0 Å². The second-order valence-corrected chi connectivity index (χ2v) is 4.31. The summed E-state index contributed by atoms with van der Waals surface area (Å²) in [6.07, 6.45) is 3.42. The maximum atomic E-state index is 5.64. The number of benzene rings is 1. The number of rotatable bonds is 5. The van der Waals surface area contributed by atoms with E-state index in [2.05, 4.69) is 20.2 Å². The first-order valence-corrected chi connectivity index (χ1v) is 6.43. The SMILES string of the molecule is COc1ccc(OCc2nc(-c3ccncc3)n[nH]2)cc1. The summed E-state index contributed by atoms with van der Waals surface area (Å²) in [7, 11) is 1.63. The first-order valence-electron chi connectivity index (χ1n) is 6.43. The minimum Gasteiger partial charge on any atom is -0.497 e. The molecule has 0 amide bonds. The van der Waals surface area contributed by atoms with E-state index in [1.54, 1.807) is 19.5 Å². The molecule has 2 heterocycles. The van der Waals surface area contributed by atoms with Gasteiger partial charge >= 0.3 is 0 Å². The number of nitrogens with one attached hydrogen (secondary N) is 1. The molecule has 0 saturated carbocycles. The molecule has 21 heavy (non-hydrogen) atoms. The molecule has 0 saturated heterocycles. The van der Waals surface area contributed by atoms with E-state index in [9.17, 15) is 0 Å². The molecule has 0 spiro atoms. The molecule has 0 aliphatic rings. The highest BCUT2D eigenvalue weighted by molar-refractivity contribution is 5.52. The Morgan fingerprint density at radius 2 is 1.71 bits per heavy atom. The summed E-state index contributed by atoms with van der Waals surface area (Å²) in [5, 5.41) is 7.03. The zero-order valence-corrected chi connectivity index (χ0v) is 11.5. The second kappa shape index (κ2) is 6.04. The van der Waals surface area contributed by atoms with E-state index in [4.69, 9.17) is 9.47 Å². The van der Waals surface area contributed by atoms with Crippen molar-refractivity contribution in [3.05, 3.63) is 54.6 Å². The molecular weight excluding hydrogens is 268 g/mol. The number of H-pyrrole nitrogens is 1. The topological polar surface area (TPSA) is 72.9 Å². The van der Waals surface area contributed by atoms with E-state index >= 15 is 0 Å². The zero-order valence-electron chi connectivity index (χ0n) is 11.5. The first-order chi connectivity index (χ1) is 10.3. The largest absolute Gasteiger partial charge is 0.497 e. The highest BCUT2D eigenvalue weighted by Crippen LogP contribution is 2.18. The van der Waals surface area contributed by atoms with E-state index < -0.39 is 0 Å². The summed E-state index contributed by atoms with van der Waals surface area (Å²) in [6, 6.07) is 11.1. The Labute approximate surface area is 121 Å². The molecule has 6 heteroatoms. The Bertz CT molecular complexity index is 695. The lowest BCUT2D eigenvalue weighted by Gasteiger charge is -2.04. The summed E-state index contributed by atoms with van der Waals surface area (Å²) < 4.78 is 10.7. The highest BCUT2D eigenvalue weighted by Gasteiger charge is 2.06. The zero-order chi connectivity index (χ0) is 14.5. The molecule has 1 aromatic carbocycles. The van der Waals surface area contributed by atoms with Gasteiger partial charge < -0.3 is 9.47 Å². The summed E-state index contributed by atoms with van der Waals surface area (Å²) in [5.41, 5.74) is 0.914. The average Bonchev–Trinajstić information content (AvgIpc) is 3.03. The molecule has 0 atom stereocenters. The third-order valence-electron chi connectivity index (χ3n) is 2.91. The lowest BCUT2D eigenvalue weighted by atomic mass is 10.2. The Kier molecular flexibility index (Phi) is 3.77. The van der Waals surface area contributed by atoms with Crippen LogP contribution in [0.4, 0.5) is 0 Å². The fourth-order valence-corrected chi connectivity index (χ4v) is 1.81. The van der Waals surface area contributed by atoms with Crippen molar-refractivity contribution in [2.24, 2.45) is 0 Å². The van der Waals surface area contributed by atoms with Gasteiger partial charge in [-0.2, -0.15) is 5.10 Å². The van der Waals surface area contributed by atoms with Crippen LogP contribution in [0.25, 0.3) is 11.4 Å². The van der Waals surface area contributed by atoms with Gasteiger partial charge in [0.15, 0.2) is 11.6 Å². The van der Waals surface area contributed by atoms with Gasteiger partial charge in [0.25, 0.3) is 0 Å². The molecule has 1 N–H and O–H groups in total. The van der Waals surface area contributed by atoms with Crippen LogP contribution in [0.2, 0.25) is 0 Å². The van der Waals surface area contributed by atoms with Gasteiger partial charge in [0.1, 0.15) is 18.1 Å². The highest BCUT2D eigenvalue weighted by atomic mass is 16.5. The number of aromatic amines is 1. The third-order valence-corrected chi connectivity index (χ3v) is 2.91. The van der Waals surface area contributed by atoms with Crippen LogP contribution >= 0.6 is 0 Å². The van der Waals surface area contributed by atoms with E-state index in [0.29, 0.717) is 18.3 Å². The Balaban J connectivity index is 1.64. The molecular formula is C15H14N4O2. The van der Waals surface area contributed by atoms with Crippen molar-refractivity contribution < 1.29 is 9.47 Å². The normalized spacial score (nSPS) is 10.3. The van der Waals surface area contributed by atoms with Gasteiger partial charge in [-0.05, 0) is 36.4 Å². The minimum absolute atomic E-state index is 0.324. The van der Waals surface area contributed by atoms with E-state index in [1.165, 1.54) is 0 Å². The van der Waals surface area contributed by atoms with Crippen LogP contribution < -0.4 is 9.47 Å². The van der Waals surface area contributed by atoms with E-state index in [0.717, 1.165) is 17.1 Å². The number of ether oxygens (including phenoxy) is 2. The number of nitrogens with zero attached hydrogens (tertiary/aromatic N) is 3. The summed E-state index contributed by atoms with van der Waals surface area (Å²) in [5.74, 6) is 2.84. The van der Waals surface area contributed by atoms with Crippen LogP contribution in [0, 0.1) is 0 Å². The predicted octanol–water partition coefficient (Wildman–Crippen LogP) is 2.45. The molecule has 0 aliphatic carbocycles. The molecule has 0 unspecified atom stereocenters. The maximum absolute atomic E-state index is 5.64. The van der Waals surface area contributed by atoms with Crippen molar-refractivity contribution in [3.8, 4) is 22.9 Å². The Hall–Kier alpha value is -2.89. The van der Waals surface area contributed by atoms with Crippen molar-refractivity contribution >= 4 is 0 Å². The molecule has 0 fully saturated rings. The van der Waals surface area contributed by atoms with Crippen LogP contribution in [0.1, 0.15) is 5.82 Å². The summed E-state index contributed by atoms with van der Waals surface area (Å²) in [4.78, 5) is 8.35. The van der Waals surface area contributed by atoms with Crippen molar-refractivity contribution in [1.29, 1.82) is 0 Å². The van der Waals surface area contributed by atoms with Gasteiger partial charge in [0.2, 0.25) is 0 Å². The average molecular weight is 282 g/mol. The molecule has 2 aromatic heterocycles. The van der Waals surface area contributed by atoms with Gasteiger partial charge in [-0.25, -0.2) is 4.98 Å². The van der Waals surface area contributed by atoms with E-state index in [1.807, 2.05) is 36.4 Å². The number of aromatic nitrogens is 4. The van der Waals surface area contributed by atoms with Crippen LogP contribution in [0.3, 0.4) is 0 Å². The van der Waals surface area contributed by atoms with E-state index in [-0.39, 0.29) is 0 Å². The van der Waals surface area contributed by atoms with Gasteiger partial charge in [0.05, 0.1) is 7.11 Å². The first kappa shape index (κ1) is 13.1. The van der Waals surface area contributed by atoms with Crippen molar-refractivity contribution in [2.45, 2.75) is 6.61 Å². The molecule has 106 valence electrons. The summed E-state index contributed by atoms with van der Waals surface area (Å²) in [6.45, 7) is 0.324. The van der Waals surface area contributed by atoms with Crippen molar-refractivity contribution in [1.82, 2.24) is 20.2 Å².